The summed E-state index contributed by atoms with van der Waals surface area (Å²) in [4.78, 5) is 15.1. The number of piperidine rings is 1. The van der Waals surface area contributed by atoms with Crippen molar-refractivity contribution in [2.75, 3.05) is 23.3 Å². The van der Waals surface area contributed by atoms with Crippen molar-refractivity contribution in [3.8, 4) is 11.3 Å². The number of hydrogen-bond acceptors (Lipinski definition) is 4. The molecule has 2 aromatic carbocycles. The minimum absolute atomic E-state index is 0.0258. The van der Waals surface area contributed by atoms with Crippen molar-refractivity contribution in [3.63, 3.8) is 0 Å². The van der Waals surface area contributed by atoms with E-state index < -0.39 is 0 Å². The second-order valence-electron chi connectivity index (χ2n) is 8.17. The molecule has 2 heterocycles. The molecule has 0 spiro atoms. The lowest BCUT2D eigenvalue weighted by Crippen LogP contribution is -2.38. The predicted molar refractivity (Wildman–Crippen MR) is 122 cm³/mol. The number of hydrogen-bond donors (Lipinski definition) is 1. The molecule has 4 rings (SSSR count). The van der Waals surface area contributed by atoms with Crippen molar-refractivity contribution in [2.45, 2.75) is 33.6 Å². The molecule has 3 aromatic rings. The lowest BCUT2D eigenvalue weighted by atomic mass is 9.95. The van der Waals surface area contributed by atoms with Gasteiger partial charge in [0.15, 0.2) is 5.82 Å². The number of aromatic nitrogens is 2. The van der Waals surface area contributed by atoms with Crippen LogP contribution in [0.15, 0.2) is 54.6 Å². The second-order valence-corrected chi connectivity index (χ2v) is 8.17. The minimum Gasteiger partial charge on any atom is -0.355 e. The summed E-state index contributed by atoms with van der Waals surface area (Å²) in [5.41, 5.74) is 6.34. The van der Waals surface area contributed by atoms with Gasteiger partial charge >= 0.3 is 0 Å². The molecule has 30 heavy (non-hydrogen) atoms. The smallest absolute Gasteiger partial charge is 0.227 e. The summed E-state index contributed by atoms with van der Waals surface area (Å²) in [5.74, 6) is 1.02. The van der Waals surface area contributed by atoms with Crippen LogP contribution < -0.4 is 10.2 Å². The minimum atomic E-state index is 0.0258. The summed E-state index contributed by atoms with van der Waals surface area (Å²) in [5, 5.41) is 12.0. The number of nitrogens with zero attached hydrogens (tertiary/aromatic N) is 3. The lowest BCUT2D eigenvalue weighted by molar-refractivity contribution is -0.120. The Labute approximate surface area is 178 Å². The summed E-state index contributed by atoms with van der Waals surface area (Å²) in [6, 6.07) is 18.3. The third-order valence-corrected chi connectivity index (χ3v) is 5.83. The molecule has 154 valence electrons. The summed E-state index contributed by atoms with van der Waals surface area (Å²) < 4.78 is 0. The zero-order valence-corrected chi connectivity index (χ0v) is 17.9. The van der Waals surface area contributed by atoms with Crippen LogP contribution in [0.2, 0.25) is 0 Å². The summed E-state index contributed by atoms with van der Waals surface area (Å²) in [6.07, 6.45) is 1.63. The standard InChI is InChI=1S/C25H28N4O/c1-17-15-18(2)24(19(3)16-17)26-25(30)21-11-13-29(14-12-21)23-10-9-22(27-28-23)20-7-5-4-6-8-20/h4-10,15-16,21H,11-14H2,1-3H3,(H,26,30). The van der Waals surface area contributed by atoms with E-state index in [2.05, 4.69) is 53.3 Å². The Morgan fingerprint density at radius 2 is 1.60 bits per heavy atom. The largest absolute Gasteiger partial charge is 0.355 e. The van der Waals surface area contributed by atoms with Crippen LogP contribution in [0, 0.1) is 26.7 Å². The van der Waals surface area contributed by atoms with Crippen LogP contribution in [0.25, 0.3) is 11.3 Å². The maximum absolute atomic E-state index is 12.8. The van der Waals surface area contributed by atoms with E-state index in [9.17, 15) is 4.79 Å². The maximum atomic E-state index is 12.8. The van der Waals surface area contributed by atoms with E-state index in [1.807, 2.05) is 42.5 Å². The van der Waals surface area contributed by atoms with Crippen LogP contribution in [0.4, 0.5) is 11.5 Å². The molecule has 1 amide bonds. The van der Waals surface area contributed by atoms with Crippen molar-refractivity contribution in [2.24, 2.45) is 5.92 Å². The van der Waals surface area contributed by atoms with Gasteiger partial charge in [-0.1, -0.05) is 48.0 Å². The molecule has 0 unspecified atom stereocenters. The molecular weight excluding hydrogens is 372 g/mol. The van der Waals surface area contributed by atoms with Crippen molar-refractivity contribution in [1.29, 1.82) is 0 Å². The van der Waals surface area contributed by atoms with Crippen LogP contribution in [-0.4, -0.2) is 29.2 Å². The molecule has 1 aromatic heterocycles. The van der Waals surface area contributed by atoms with Gasteiger partial charge in [-0.05, 0) is 56.9 Å². The third-order valence-electron chi connectivity index (χ3n) is 5.83. The second kappa shape index (κ2) is 8.66. The van der Waals surface area contributed by atoms with Gasteiger partial charge in [-0.2, -0.15) is 0 Å². The average Bonchev–Trinajstić information content (AvgIpc) is 2.77. The molecule has 1 fully saturated rings. The molecule has 1 aliphatic rings. The highest BCUT2D eigenvalue weighted by atomic mass is 16.1. The van der Waals surface area contributed by atoms with Crippen LogP contribution in [-0.2, 0) is 4.79 Å². The third kappa shape index (κ3) is 4.35. The number of carbonyl (C=O) groups is 1. The molecule has 0 atom stereocenters. The molecule has 0 radical (unpaired) electrons. The molecule has 0 bridgehead atoms. The van der Waals surface area contributed by atoms with Crippen molar-refractivity contribution >= 4 is 17.4 Å². The van der Waals surface area contributed by atoms with Gasteiger partial charge in [0.1, 0.15) is 0 Å². The van der Waals surface area contributed by atoms with Crippen LogP contribution in [0.1, 0.15) is 29.5 Å². The Balaban J connectivity index is 1.36. The highest BCUT2D eigenvalue weighted by Crippen LogP contribution is 2.27. The van der Waals surface area contributed by atoms with E-state index in [-0.39, 0.29) is 11.8 Å². The van der Waals surface area contributed by atoms with Gasteiger partial charge in [0.2, 0.25) is 5.91 Å². The summed E-state index contributed by atoms with van der Waals surface area (Å²) in [6.45, 7) is 7.80. The summed E-state index contributed by atoms with van der Waals surface area (Å²) in [7, 11) is 0. The van der Waals surface area contributed by atoms with E-state index >= 15 is 0 Å². The Morgan fingerprint density at radius 1 is 0.933 bits per heavy atom. The lowest BCUT2D eigenvalue weighted by Gasteiger charge is -2.32. The van der Waals surface area contributed by atoms with Gasteiger partial charge in [0, 0.05) is 30.3 Å². The summed E-state index contributed by atoms with van der Waals surface area (Å²) >= 11 is 0. The van der Waals surface area contributed by atoms with E-state index in [4.69, 9.17) is 0 Å². The first-order valence-corrected chi connectivity index (χ1v) is 10.5. The fourth-order valence-electron chi connectivity index (χ4n) is 4.23. The molecule has 0 aliphatic carbocycles. The average molecular weight is 401 g/mol. The SMILES string of the molecule is Cc1cc(C)c(NC(=O)C2CCN(c3ccc(-c4ccccc4)nn3)CC2)c(C)c1. The number of amides is 1. The molecule has 1 aliphatic heterocycles. The number of aryl methyl sites for hydroxylation is 3. The van der Waals surface area contributed by atoms with Gasteiger partial charge < -0.3 is 10.2 Å². The zero-order chi connectivity index (χ0) is 21.1. The zero-order valence-electron chi connectivity index (χ0n) is 17.9. The Bertz CT molecular complexity index is 1000. The maximum Gasteiger partial charge on any atom is 0.227 e. The molecule has 1 saturated heterocycles. The van der Waals surface area contributed by atoms with E-state index in [0.29, 0.717) is 0 Å². The first kappa shape index (κ1) is 20.1. The van der Waals surface area contributed by atoms with Gasteiger partial charge in [-0.3, -0.25) is 4.79 Å². The highest BCUT2D eigenvalue weighted by Gasteiger charge is 2.26. The van der Waals surface area contributed by atoms with Crippen LogP contribution >= 0.6 is 0 Å². The number of benzene rings is 2. The quantitative estimate of drug-likeness (QED) is 0.675. The fourth-order valence-corrected chi connectivity index (χ4v) is 4.23. The Morgan fingerprint density at radius 3 is 2.20 bits per heavy atom. The number of carbonyl (C=O) groups excluding carboxylic acids is 1. The first-order chi connectivity index (χ1) is 14.5. The Kier molecular flexibility index (Phi) is 5.79. The van der Waals surface area contributed by atoms with Gasteiger partial charge in [0.05, 0.1) is 5.69 Å². The van der Waals surface area contributed by atoms with E-state index in [1.54, 1.807) is 0 Å². The molecule has 0 saturated carbocycles. The normalized spacial score (nSPS) is 14.6. The number of anilines is 2. The number of rotatable bonds is 4. The Hall–Kier alpha value is -3.21. The van der Waals surface area contributed by atoms with Crippen molar-refractivity contribution < 1.29 is 4.79 Å². The van der Waals surface area contributed by atoms with Gasteiger partial charge in [-0.25, -0.2) is 0 Å². The van der Waals surface area contributed by atoms with E-state index in [0.717, 1.165) is 59.8 Å². The fraction of sp³-hybridized carbons (Fsp3) is 0.320. The molecule has 5 heteroatoms. The monoisotopic (exact) mass is 400 g/mol. The molecule has 5 nitrogen and oxygen atoms in total. The van der Waals surface area contributed by atoms with Crippen molar-refractivity contribution in [1.82, 2.24) is 10.2 Å². The van der Waals surface area contributed by atoms with Crippen LogP contribution in [0.3, 0.4) is 0 Å². The van der Waals surface area contributed by atoms with Gasteiger partial charge in [0.25, 0.3) is 0 Å². The highest BCUT2D eigenvalue weighted by molar-refractivity contribution is 5.94. The molecular formula is C25H28N4O. The first-order valence-electron chi connectivity index (χ1n) is 10.5. The van der Waals surface area contributed by atoms with E-state index in [1.165, 1.54) is 5.56 Å². The van der Waals surface area contributed by atoms with Gasteiger partial charge in [-0.15, -0.1) is 10.2 Å². The predicted octanol–water partition coefficient (Wildman–Crippen LogP) is 4.92. The molecule has 1 N–H and O–H groups in total. The van der Waals surface area contributed by atoms with Crippen molar-refractivity contribution in [3.05, 3.63) is 71.3 Å². The topological polar surface area (TPSA) is 58.1 Å². The number of nitrogens with one attached hydrogen (secondary N) is 1. The van der Waals surface area contributed by atoms with Crippen LogP contribution in [0.5, 0.6) is 0 Å².